The van der Waals surface area contributed by atoms with E-state index in [2.05, 4.69) is 19.2 Å². The van der Waals surface area contributed by atoms with Crippen LogP contribution in [0.4, 0.5) is 0 Å². The van der Waals surface area contributed by atoms with Crippen molar-refractivity contribution in [1.29, 1.82) is 0 Å². The summed E-state index contributed by atoms with van der Waals surface area (Å²) in [5, 5.41) is 63.8. The molecule has 0 aromatic carbocycles. The second-order valence-electron chi connectivity index (χ2n) is 15.6. The van der Waals surface area contributed by atoms with Crippen LogP contribution in [0.3, 0.4) is 0 Å². The third-order valence-corrected chi connectivity index (χ3v) is 11.6. The molecule has 0 radical (unpaired) electrons. The number of amides is 1. The number of rotatable bonds is 35. The third kappa shape index (κ3) is 24.0. The van der Waals surface area contributed by atoms with Crippen molar-refractivity contribution in [2.45, 2.75) is 236 Å². The van der Waals surface area contributed by atoms with Crippen molar-refractivity contribution in [3.8, 4) is 0 Å². The number of carbonyl (C=O) groups excluding carboxylic acids is 1. The first-order valence-electron chi connectivity index (χ1n) is 21.6. The number of aliphatic hydroxyl groups is 6. The predicted octanol–water partition coefficient (Wildman–Crippen LogP) is 7.28. The van der Waals surface area contributed by atoms with Crippen LogP contribution in [0.15, 0.2) is 12.2 Å². The van der Waals surface area contributed by atoms with Gasteiger partial charge in [-0.3, -0.25) is 13.8 Å². The molecule has 0 bridgehead atoms. The monoisotopic (exact) mass is 794 g/mol. The largest absolute Gasteiger partial charge is 0.472 e. The molecule has 8 N–H and O–H groups in total. The van der Waals surface area contributed by atoms with Gasteiger partial charge < -0.3 is 40.8 Å². The quantitative estimate of drug-likeness (QED) is 0.0182. The molecule has 0 aromatic heterocycles. The van der Waals surface area contributed by atoms with Gasteiger partial charge in [-0.2, -0.15) is 0 Å². The van der Waals surface area contributed by atoms with Crippen molar-refractivity contribution in [1.82, 2.24) is 5.32 Å². The first-order chi connectivity index (χ1) is 25.9. The fraction of sp³-hybridized carbons (Fsp3) is 0.927. The Morgan fingerprint density at radius 3 is 1.41 bits per heavy atom. The van der Waals surface area contributed by atoms with Crippen LogP contribution in [0, 0.1) is 0 Å². The van der Waals surface area contributed by atoms with Gasteiger partial charge in [-0.25, -0.2) is 4.57 Å². The van der Waals surface area contributed by atoms with E-state index in [9.17, 15) is 44.9 Å². The van der Waals surface area contributed by atoms with Crippen LogP contribution >= 0.6 is 7.82 Å². The Morgan fingerprint density at radius 1 is 0.611 bits per heavy atom. The lowest BCUT2D eigenvalue weighted by Crippen LogP contribution is -2.64. The van der Waals surface area contributed by atoms with Crippen molar-refractivity contribution in [2.75, 3.05) is 6.61 Å². The molecule has 1 aliphatic carbocycles. The maximum absolute atomic E-state index is 12.9. The minimum absolute atomic E-state index is 0.218. The number of carbonyl (C=O) groups is 1. The van der Waals surface area contributed by atoms with E-state index in [4.69, 9.17) is 9.05 Å². The molecule has 1 fully saturated rings. The highest BCUT2D eigenvalue weighted by molar-refractivity contribution is 7.47. The molecular formula is C41H80NO11P. The van der Waals surface area contributed by atoms with E-state index in [0.29, 0.717) is 6.42 Å². The molecule has 9 atom stereocenters. The lowest BCUT2D eigenvalue weighted by atomic mass is 9.85. The summed E-state index contributed by atoms with van der Waals surface area (Å²) in [5.41, 5.74) is 0. The molecule has 0 aromatic rings. The van der Waals surface area contributed by atoms with Crippen LogP contribution in [-0.4, -0.2) is 96.8 Å². The average Bonchev–Trinajstić information content (AvgIpc) is 3.15. The second kappa shape index (κ2) is 32.1. The van der Waals surface area contributed by atoms with Crippen molar-refractivity contribution in [3.63, 3.8) is 0 Å². The van der Waals surface area contributed by atoms with E-state index in [-0.39, 0.29) is 12.3 Å². The summed E-state index contributed by atoms with van der Waals surface area (Å²) in [6.45, 7) is 3.82. The summed E-state index contributed by atoms with van der Waals surface area (Å²) in [5.74, 6) is -0.341. The second-order valence-corrected chi connectivity index (χ2v) is 17.0. The molecular weight excluding hydrogens is 713 g/mol. The van der Waals surface area contributed by atoms with Gasteiger partial charge >= 0.3 is 7.82 Å². The first kappa shape index (κ1) is 51.1. The SMILES string of the molecule is CCCCCCCCCCCCCC/C=C/[C@@H](O)[C@H](COP(=O)(O)OC1C(O)C(O)C(O)[C@@H](O)C1O)NC(=O)CCCCCCCCCCCCCCC. The number of hydrogen-bond donors (Lipinski definition) is 8. The van der Waals surface area contributed by atoms with Crippen molar-refractivity contribution in [2.24, 2.45) is 0 Å². The standard InChI is InChI=1S/C41H80NO11P/c1-3-5-7-9-11-13-15-17-19-20-22-24-26-28-30-34(43)33(32-52-54(50,51)53-41-39(48)37(46)36(45)38(47)40(41)49)42-35(44)31-29-27-25-23-21-18-16-14-12-10-8-6-4-2/h28,30,33-34,36-41,43,45-49H,3-27,29,31-32H2,1-2H3,(H,42,44)(H,50,51)/b30-28+/t33-,34+,36?,37+,38?,39?,40?,41?/m0/s1. The average molecular weight is 794 g/mol. The number of unbranched alkanes of at least 4 members (excludes halogenated alkanes) is 24. The van der Waals surface area contributed by atoms with Crippen LogP contribution in [0.2, 0.25) is 0 Å². The number of hydrogen-bond acceptors (Lipinski definition) is 10. The van der Waals surface area contributed by atoms with Gasteiger partial charge in [-0.05, 0) is 19.3 Å². The van der Waals surface area contributed by atoms with Crippen LogP contribution in [0.25, 0.3) is 0 Å². The van der Waals surface area contributed by atoms with Gasteiger partial charge in [0.05, 0.1) is 18.8 Å². The Morgan fingerprint density at radius 2 is 0.981 bits per heavy atom. The number of phosphoric ester groups is 1. The summed E-state index contributed by atoms with van der Waals surface area (Å²) >= 11 is 0. The molecule has 54 heavy (non-hydrogen) atoms. The minimum Gasteiger partial charge on any atom is -0.387 e. The topological polar surface area (TPSA) is 206 Å². The molecule has 1 rings (SSSR count). The lowest BCUT2D eigenvalue weighted by Gasteiger charge is -2.41. The number of allylic oxidation sites excluding steroid dienone is 1. The normalized spacial score (nSPS) is 24.1. The van der Waals surface area contributed by atoms with E-state index in [0.717, 1.165) is 44.9 Å². The Hall–Kier alpha value is -0.920. The molecule has 1 amide bonds. The highest BCUT2D eigenvalue weighted by Crippen LogP contribution is 2.47. The van der Waals surface area contributed by atoms with Gasteiger partial charge in [0.25, 0.3) is 0 Å². The van der Waals surface area contributed by atoms with E-state index < -0.39 is 63.2 Å². The van der Waals surface area contributed by atoms with Crippen LogP contribution in [0.5, 0.6) is 0 Å². The number of phosphoric acid groups is 1. The molecule has 6 unspecified atom stereocenters. The maximum atomic E-state index is 12.9. The third-order valence-electron chi connectivity index (χ3n) is 10.6. The Bertz CT molecular complexity index is 973. The van der Waals surface area contributed by atoms with E-state index in [1.165, 1.54) is 122 Å². The zero-order valence-corrected chi connectivity index (χ0v) is 34.7. The summed E-state index contributed by atoms with van der Waals surface area (Å²) < 4.78 is 22.8. The Kier molecular flexibility index (Phi) is 30.4. The summed E-state index contributed by atoms with van der Waals surface area (Å²) in [6, 6.07) is -1.11. The molecule has 0 aliphatic heterocycles. The van der Waals surface area contributed by atoms with E-state index in [1.54, 1.807) is 0 Å². The van der Waals surface area contributed by atoms with E-state index in [1.807, 2.05) is 6.08 Å². The molecule has 320 valence electrons. The smallest absolute Gasteiger partial charge is 0.387 e. The van der Waals surface area contributed by atoms with Gasteiger partial charge in [0.2, 0.25) is 5.91 Å². The predicted molar refractivity (Wildman–Crippen MR) is 214 cm³/mol. The van der Waals surface area contributed by atoms with Crippen molar-refractivity contribution >= 4 is 13.7 Å². The maximum Gasteiger partial charge on any atom is 0.472 e. The van der Waals surface area contributed by atoms with Crippen LogP contribution in [-0.2, 0) is 18.4 Å². The van der Waals surface area contributed by atoms with Gasteiger partial charge in [0.1, 0.15) is 36.6 Å². The molecule has 1 saturated carbocycles. The molecule has 0 saturated heterocycles. The number of aliphatic hydroxyl groups excluding tert-OH is 6. The summed E-state index contributed by atoms with van der Waals surface area (Å²) in [7, 11) is -5.07. The van der Waals surface area contributed by atoms with Gasteiger partial charge in [0.15, 0.2) is 0 Å². The Labute approximate surface area is 327 Å². The highest BCUT2D eigenvalue weighted by atomic mass is 31.2. The molecule has 0 heterocycles. The van der Waals surface area contributed by atoms with E-state index >= 15 is 0 Å². The molecule has 1 aliphatic rings. The molecule has 12 nitrogen and oxygen atoms in total. The van der Waals surface area contributed by atoms with Crippen molar-refractivity contribution in [3.05, 3.63) is 12.2 Å². The first-order valence-corrected chi connectivity index (χ1v) is 23.1. The minimum atomic E-state index is -5.07. The van der Waals surface area contributed by atoms with Gasteiger partial charge in [0, 0.05) is 6.42 Å². The zero-order chi connectivity index (χ0) is 40.0. The van der Waals surface area contributed by atoms with Gasteiger partial charge in [-0.15, -0.1) is 0 Å². The van der Waals surface area contributed by atoms with Crippen LogP contribution in [0.1, 0.15) is 187 Å². The Balaban J connectivity index is 2.55. The van der Waals surface area contributed by atoms with Gasteiger partial charge in [-0.1, -0.05) is 174 Å². The fourth-order valence-electron chi connectivity index (χ4n) is 6.96. The lowest BCUT2D eigenvalue weighted by molar-refractivity contribution is -0.220. The molecule has 0 spiro atoms. The highest BCUT2D eigenvalue weighted by Gasteiger charge is 2.51. The molecule has 13 heteroatoms. The summed E-state index contributed by atoms with van der Waals surface area (Å²) in [6.07, 6.45) is 21.4. The summed E-state index contributed by atoms with van der Waals surface area (Å²) in [4.78, 5) is 23.3. The van der Waals surface area contributed by atoms with Crippen molar-refractivity contribution < 1.29 is 53.9 Å². The van der Waals surface area contributed by atoms with Crippen LogP contribution < -0.4 is 5.32 Å². The fourth-order valence-corrected chi connectivity index (χ4v) is 7.93. The number of nitrogens with one attached hydrogen (secondary N) is 1. The zero-order valence-electron chi connectivity index (χ0n) is 33.8.